The normalized spacial score (nSPS) is 11.3. The number of nitrogens with zero attached hydrogens (tertiary/aromatic N) is 2. The second-order valence-corrected chi connectivity index (χ2v) is 14.6. The monoisotopic (exact) mass is 777 g/mol. The fourth-order valence-electron chi connectivity index (χ4n) is 5.01. The molecule has 0 spiro atoms. The molecule has 15 heteroatoms. The second kappa shape index (κ2) is 16.2. The maximum absolute atomic E-state index is 15.1. The highest BCUT2D eigenvalue weighted by Gasteiger charge is 2.32. The van der Waals surface area contributed by atoms with Crippen LogP contribution in [0.4, 0.5) is 8.78 Å². The van der Waals surface area contributed by atoms with E-state index in [1.807, 2.05) is 0 Å². The lowest BCUT2D eigenvalue weighted by Gasteiger charge is -2.12. The molecule has 1 N–H and O–H groups in total. The summed E-state index contributed by atoms with van der Waals surface area (Å²) in [5.41, 5.74) is 0.0112. The maximum Gasteiger partial charge on any atom is 0.269 e. The number of benzene rings is 4. The van der Waals surface area contributed by atoms with Gasteiger partial charge in [-0.3, -0.25) is 4.79 Å². The molecule has 0 saturated carbocycles. The summed E-state index contributed by atoms with van der Waals surface area (Å²) in [7, 11) is -6.59. The van der Waals surface area contributed by atoms with Gasteiger partial charge in [-0.1, -0.05) is 120 Å². The molecule has 0 aliphatic heterocycles. The van der Waals surface area contributed by atoms with Gasteiger partial charge in [-0.2, -0.15) is 0 Å². The number of carbonyl (C=O) groups is 1. The molecule has 2 aromatic heterocycles. The van der Waals surface area contributed by atoms with Crippen LogP contribution in [0.5, 0.6) is 0 Å². The SMILES string of the molecule is CNCc1c(F)c(-c2ccccc2)n(S(=O)(=O)c2ccccc2)c1Cl.Cl.O=Cc1c(F)c(-c2ccccc2)n(S(=O)(=O)c2ccccc2)c1Cl. The number of aromatic nitrogens is 2. The molecule has 50 heavy (non-hydrogen) atoms. The number of carbonyl (C=O) groups excluding carboxylic acids is 1. The Morgan fingerprint density at radius 2 is 0.980 bits per heavy atom. The van der Waals surface area contributed by atoms with Crippen LogP contribution in [-0.2, 0) is 26.6 Å². The van der Waals surface area contributed by atoms with Crippen molar-refractivity contribution in [1.29, 1.82) is 0 Å². The van der Waals surface area contributed by atoms with Crippen molar-refractivity contribution in [2.24, 2.45) is 0 Å². The molecule has 0 fully saturated rings. The van der Waals surface area contributed by atoms with E-state index < -0.39 is 42.4 Å². The minimum absolute atomic E-state index is 0. The first-order valence-corrected chi connectivity index (χ1v) is 18.1. The molecular formula is C35H28Cl3F2N3O5S2. The van der Waals surface area contributed by atoms with Crippen molar-refractivity contribution in [3.8, 4) is 22.5 Å². The molecule has 2 heterocycles. The van der Waals surface area contributed by atoms with E-state index in [1.54, 1.807) is 104 Å². The smallest absolute Gasteiger partial charge is 0.269 e. The Morgan fingerprint density at radius 1 is 0.620 bits per heavy atom. The number of aldehydes is 1. The van der Waals surface area contributed by atoms with E-state index in [4.69, 9.17) is 23.2 Å². The molecule has 6 aromatic rings. The summed E-state index contributed by atoms with van der Waals surface area (Å²) in [5.74, 6) is -1.62. The fraction of sp³-hybridized carbons (Fsp3) is 0.0571. The Kier molecular flexibility index (Phi) is 12.4. The van der Waals surface area contributed by atoms with Crippen molar-refractivity contribution < 1.29 is 30.4 Å². The minimum Gasteiger partial charge on any atom is -0.315 e. The third-order valence-electron chi connectivity index (χ3n) is 7.28. The van der Waals surface area contributed by atoms with Crippen LogP contribution in [0, 0.1) is 11.6 Å². The van der Waals surface area contributed by atoms with E-state index in [1.165, 1.54) is 24.3 Å². The number of halogens is 5. The average Bonchev–Trinajstić information content (AvgIpc) is 3.54. The Labute approximate surface area is 304 Å². The summed E-state index contributed by atoms with van der Waals surface area (Å²) < 4.78 is 83.4. The van der Waals surface area contributed by atoms with Crippen molar-refractivity contribution in [3.05, 3.63) is 154 Å². The highest BCUT2D eigenvalue weighted by Crippen LogP contribution is 2.37. The van der Waals surface area contributed by atoms with Crippen LogP contribution in [0.25, 0.3) is 22.5 Å². The van der Waals surface area contributed by atoms with Crippen molar-refractivity contribution in [2.75, 3.05) is 7.05 Å². The van der Waals surface area contributed by atoms with Crippen molar-refractivity contribution in [1.82, 2.24) is 13.3 Å². The molecule has 0 atom stereocenters. The van der Waals surface area contributed by atoms with E-state index >= 15 is 4.39 Å². The molecule has 0 bridgehead atoms. The highest BCUT2D eigenvalue weighted by atomic mass is 35.5. The van der Waals surface area contributed by atoms with Gasteiger partial charge >= 0.3 is 0 Å². The van der Waals surface area contributed by atoms with Crippen LogP contribution in [0.3, 0.4) is 0 Å². The predicted octanol–water partition coefficient (Wildman–Crippen LogP) is 8.32. The van der Waals surface area contributed by atoms with Gasteiger partial charge < -0.3 is 5.32 Å². The number of hydrogen-bond donors (Lipinski definition) is 1. The molecule has 0 amide bonds. The molecule has 0 unspecified atom stereocenters. The summed E-state index contributed by atoms with van der Waals surface area (Å²) in [6.45, 7) is 0.113. The molecule has 260 valence electrons. The van der Waals surface area contributed by atoms with E-state index in [2.05, 4.69) is 5.32 Å². The lowest BCUT2D eigenvalue weighted by atomic mass is 10.1. The Morgan fingerprint density at radius 3 is 1.36 bits per heavy atom. The third-order valence-corrected chi connectivity index (χ3v) is 11.7. The maximum atomic E-state index is 15.1. The Bertz CT molecular complexity index is 2320. The molecule has 0 aliphatic carbocycles. The van der Waals surface area contributed by atoms with Gasteiger partial charge in [0.2, 0.25) is 0 Å². The quantitative estimate of drug-likeness (QED) is 0.148. The van der Waals surface area contributed by atoms with Crippen LogP contribution in [0.1, 0.15) is 15.9 Å². The van der Waals surface area contributed by atoms with E-state index in [0.29, 0.717) is 15.1 Å². The van der Waals surface area contributed by atoms with E-state index in [0.717, 1.165) is 3.97 Å². The predicted molar refractivity (Wildman–Crippen MR) is 193 cm³/mol. The van der Waals surface area contributed by atoms with Gasteiger partial charge in [0.1, 0.15) is 21.7 Å². The topological polar surface area (TPSA) is 107 Å². The van der Waals surface area contributed by atoms with Crippen LogP contribution in [0.2, 0.25) is 10.3 Å². The first kappa shape index (κ1) is 38.5. The van der Waals surface area contributed by atoms with Crippen molar-refractivity contribution >= 4 is 61.9 Å². The van der Waals surface area contributed by atoms with E-state index in [-0.39, 0.29) is 57.1 Å². The van der Waals surface area contributed by atoms with Gasteiger partial charge in [0, 0.05) is 23.2 Å². The van der Waals surface area contributed by atoms with Gasteiger partial charge in [0.05, 0.1) is 15.4 Å². The standard InChI is InChI=1S/C18H16ClFN2O2S.C17H11ClFNO3S.ClH/c1-21-12-15-16(20)17(13-8-4-2-5-9-13)22(18(15)19)25(23,24)14-10-6-3-7-11-14;18-17-14(11-21)15(19)16(12-7-3-1-4-8-12)20(17)24(22,23)13-9-5-2-6-10-13;/h2-11,21H,12H2,1H3;1-11H;1H. The summed E-state index contributed by atoms with van der Waals surface area (Å²) in [5, 5.41) is 2.18. The lowest BCUT2D eigenvalue weighted by Crippen LogP contribution is -2.15. The van der Waals surface area contributed by atoms with Gasteiger partial charge in [0.15, 0.2) is 17.9 Å². The zero-order valence-electron chi connectivity index (χ0n) is 26.0. The first-order valence-electron chi connectivity index (χ1n) is 14.5. The van der Waals surface area contributed by atoms with Crippen LogP contribution in [0.15, 0.2) is 131 Å². The Hall–Kier alpha value is -4.30. The average molecular weight is 779 g/mol. The lowest BCUT2D eigenvalue weighted by molar-refractivity contribution is 0.112. The summed E-state index contributed by atoms with van der Waals surface area (Å²) in [4.78, 5) is 11.2. The van der Waals surface area contributed by atoms with Crippen LogP contribution >= 0.6 is 35.6 Å². The molecule has 8 nitrogen and oxygen atoms in total. The molecular weight excluding hydrogens is 751 g/mol. The summed E-state index contributed by atoms with van der Waals surface area (Å²) >= 11 is 12.3. The van der Waals surface area contributed by atoms with Crippen molar-refractivity contribution in [3.63, 3.8) is 0 Å². The number of rotatable bonds is 9. The van der Waals surface area contributed by atoms with Gasteiger partial charge in [-0.15, -0.1) is 12.4 Å². The zero-order valence-corrected chi connectivity index (χ0v) is 30.0. The highest BCUT2D eigenvalue weighted by molar-refractivity contribution is 7.90. The zero-order chi connectivity index (χ0) is 35.3. The number of nitrogens with one attached hydrogen (secondary N) is 1. The largest absolute Gasteiger partial charge is 0.315 e. The fourth-order valence-corrected chi connectivity index (χ4v) is 8.91. The summed E-state index contributed by atoms with van der Waals surface area (Å²) in [6, 6.07) is 31.9. The van der Waals surface area contributed by atoms with Gasteiger partial charge in [0.25, 0.3) is 20.0 Å². The third kappa shape index (κ3) is 7.27. The van der Waals surface area contributed by atoms with Crippen LogP contribution < -0.4 is 5.32 Å². The molecule has 6 rings (SSSR count). The molecule has 0 radical (unpaired) electrons. The van der Waals surface area contributed by atoms with Gasteiger partial charge in [-0.05, 0) is 31.3 Å². The number of hydrogen-bond acceptors (Lipinski definition) is 6. The Balaban J connectivity index is 0.000000220. The van der Waals surface area contributed by atoms with E-state index in [9.17, 15) is 26.0 Å². The summed E-state index contributed by atoms with van der Waals surface area (Å²) in [6.07, 6.45) is 0.209. The first-order chi connectivity index (χ1) is 23.5. The molecule has 0 saturated heterocycles. The minimum atomic E-state index is -4.17. The molecule has 4 aromatic carbocycles. The second-order valence-electron chi connectivity index (χ2n) is 10.3. The molecule has 0 aliphatic rings. The van der Waals surface area contributed by atoms with Crippen molar-refractivity contribution in [2.45, 2.75) is 16.3 Å². The van der Waals surface area contributed by atoms with Gasteiger partial charge in [-0.25, -0.2) is 33.6 Å². The van der Waals surface area contributed by atoms with Crippen LogP contribution in [-0.4, -0.2) is 38.1 Å².